The second-order valence-corrected chi connectivity index (χ2v) is 17.5. The molecule has 7 atom stereocenters. The zero-order valence-corrected chi connectivity index (χ0v) is 25.9. The maximum absolute atomic E-state index is 10.2. The van der Waals surface area contributed by atoms with Gasteiger partial charge in [0.05, 0.1) is 38.1 Å². The lowest BCUT2D eigenvalue weighted by Crippen LogP contribution is -2.52. The third kappa shape index (κ3) is 7.30. The van der Waals surface area contributed by atoms with Gasteiger partial charge in [-0.3, -0.25) is 0 Å². The quantitative estimate of drug-likeness (QED) is 0.199. The van der Waals surface area contributed by atoms with Gasteiger partial charge in [0.1, 0.15) is 5.75 Å². The minimum atomic E-state index is -2.00. The van der Waals surface area contributed by atoms with E-state index in [0.717, 1.165) is 11.3 Å². The number of methoxy groups -OCH3 is 1. The normalized spacial score (nSPS) is 28.5. The van der Waals surface area contributed by atoms with Crippen LogP contribution in [0, 0.1) is 23.7 Å². The number of ether oxygens (including phenoxy) is 3. The van der Waals surface area contributed by atoms with Gasteiger partial charge in [-0.1, -0.05) is 52.8 Å². The van der Waals surface area contributed by atoms with Crippen LogP contribution < -0.4 is 4.74 Å². The highest BCUT2D eigenvalue weighted by atomic mass is 28.4. The molecule has 0 bridgehead atoms. The standard InChI is InChI=1S/C29H49BO7Si/c1-11-23-18-34-30(31)37-26(23)25(19-35-38(9,10)28(4,5)6)21(3)29(7)27(36-29)20(2)16-33-17-22-12-14-24(32-8)15-13-22/h11-15,20-21,23,25-27,31H,1,16-19H2,2-10H3/t20-,21-,23-,25+,26+,27+,29-/m0/s1. The molecular weight excluding hydrogens is 499 g/mol. The van der Waals surface area contributed by atoms with Gasteiger partial charge in [-0.15, -0.1) is 6.58 Å². The monoisotopic (exact) mass is 548 g/mol. The fraction of sp³-hybridized carbons (Fsp3) is 0.724. The Labute approximate surface area is 231 Å². The van der Waals surface area contributed by atoms with Gasteiger partial charge in [-0.05, 0) is 48.7 Å². The summed E-state index contributed by atoms with van der Waals surface area (Å²) in [4.78, 5) is 0. The maximum Gasteiger partial charge on any atom is 0.636 e. The molecular formula is C29H49BO7Si. The SMILES string of the molecule is C=C[C@H]1COB(O)O[C@H]1[C@H](CO[Si](C)(C)C(C)(C)C)[C@H](C)[C@]1(C)O[C@@H]1[C@@H](C)COCc1ccc(OC)cc1. The summed E-state index contributed by atoms with van der Waals surface area (Å²) in [6, 6.07) is 7.94. The summed E-state index contributed by atoms with van der Waals surface area (Å²) in [5.41, 5.74) is 0.766. The van der Waals surface area contributed by atoms with Crippen LogP contribution in [0.1, 0.15) is 47.1 Å². The van der Waals surface area contributed by atoms with Crippen LogP contribution in [0.25, 0.3) is 0 Å². The predicted octanol–water partition coefficient (Wildman–Crippen LogP) is 5.47. The van der Waals surface area contributed by atoms with Crippen molar-refractivity contribution in [2.75, 3.05) is 26.9 Å². The van der Waals surface area contributed by atoms with Gasteiger partial charge >= 0.3 is 7.32 Å². The molecule has 0 aliphatic carbocycles. The van der Waals surface area contributed by atoms with E-state index in [1.165, 1.54) is 0 Å². The molecule has 2 saturated heterocycles. The lowest BCUT2D eigenvalue weighted by atomic mass is 9.74. The summed E-state index contributed by atoms with van der Waals surface area (Å²) >= 11 is 0. The second kappa shape index (κ2) is 12.5. The number of epoxide rings is 1. The highest BCUT2D eigenvalue weighted by Crippen LogP contribution is 2.51. The molecule has 7 nitrogen and oxygen atoms in total. The molecule has 38 heavy (non-hydrogen) atoms. The zero-order chi connectivity index (χ0) is 28.3. The summed E-state index contributed by atoms with van der Waals surface area (Å²) in [7, 11) is -1.58. The van der Waals surface area contributed by atoms with Crippen molar-refractivity contribution in [1.29, 1.82) is 0 Å². The number of rotatable bonds is 13. The molecule has 0 radical (unpaired) electrons. The lowest BCUT2D eigenvalue weighted by Gasteiger charge is -2.43. The highest BCUT2D eigenvalue weighted by Gasteiger charge is 2.61. The Balaban J connectivity index is 1.68. The Kier molecular flexibility index (Phi) is 10.3. The second-order valence-electron chi connectivity index (χ2n) is 12.7. The maximum atomic E-state index is 10.2. The molecule has 0 unspecified atom stereocenters. The molecule has 0 saturated carbocycles. The average Bonchev–Trinajstić information content (AvgIpc) is 3.56. The van der Waals surface area contributed by atoms with Gasteiger partial charge < -0.3 is 33.0 Å². The fourth-order valence-corrected chi connectivity index (χ4v) is 6.15. The largest absolute Gasteiger partial charge is 0.636 e. The van der Waals surface area contributed by atoms with Gasteiger partial charge in [0, 0.05) is 31.0 Å². The molecule has 2 aliphatic heterocycles. The van der Waals surface area contributed by atoms with Gasteiger partial charge in [-0.2, -0.15) is 0 Å². The minimum Gasteiger partial charge on any atom is -0.497 e. The van der Waals surface area contributed by atoms with Crippen molar-refractivity contribution in [1.82, 2.24) is 0 Å². The van der Waals surface area contributed by atoms with Crippen LogP contribution in [-0.4, -0.2) is 65.4 Å². The fourth-order valence-electron chi connectivity index (χ4n) is 5.11. The van der Waals surface area contributed by atoms with Gasteiger partial charge in [0.25, 0.3) is 0 Å². The Morgan fingerprint density at radius 2 is 1.87 bits per heavy atom. The van der Waals surface area contributed by atoms with Crippen LogP contribution in [0.15, 0.2) is 36.9 Å². The van der Waals surface area contributed by atoms with E-state index in [9.17, 15) is 5.02 Å². The summed E-state index contributed by atoms with van der Waals surface area (Å²) in [6.45, 7) is 23.9. The molecule has 1 aromatic carbocycles. The van der Waals surface area contributed by atoms with Gasteiger partial charge in [-0.25, -0.2) is 0 Å². The van der Waals surface area contributed by atoms with Crippen molar-refractivity contribution in [3.8, 4) is 5.75 Å². The van der Waals surface area contributed by atoms with E-state index >= 15 is 0 Å². The smallest absolute Gasteiger partial charge is 0.497 e. The third-order valence-electron chi connectivity index (χ3n) is 9.05. The van der Waals surface area contributed by atoms with Crippen LogP contribution in [0.4, 0.5) is 0 Å². The lowest BCUT2D eigenvalue weighted by molar-refractivity contribution is -0.0633. The molecule has 2 heterocycles. The van der Waals surface area contributed by atoms with Crippen LogP contribution in [0.5, 0.6) is 5.75 Å². The van der Waals surface area contributed by atoms with Crippen LogP contribution in [-0.2, 0) is 29.8 Å². The van der Waals surface area contributed by atoms with Crippen molar-refractivity contribution in [3.63, 3.8) is 0 Å². The molecule has 0 spiro atoms. The van der Waals surface area contributed by atoms with Gasteiger partial charge in [0.2, 0.25) is 0 Å². The number of hydrogen-bond donors (Lipinski definition) is 1. The Bertz CT molecular complexity index is 905. The number of benzene rings is 1. The highest BCUT2D eigenvalue weighted by molar-refractivity contribution is 6.74. The van der Waals surface area contributed by atoms with Crippen molar-refractivity contribution >= 4 is 15.6 Å². The molecule has 0 aromatic heterocycles. The molecule has 1 N–H and O–H groups in total. The first-order valence-corrected chi connectivity index (χ1v) is 16.7. The molecule has 2 fully saturated rings. The summed E-state index contributed by atoms with van der Waals surface area (Å²) in [5, 5.41) is 10.3. The van der Waals surface area contributed by atoms with E-state index in [1.54, 1.807) is 7.11 Å². The van der Waals surface area contributed by atoms with Crippen molar-refractivity contribution in [2.45, 2.75) is 84.1 Å². The van der Waals surface area contributed by atoms with E-state index in [0.29, 0.717) is 26.4 Å². The Morgan fingerprint density at radius 3 is 2.45 bits per heavy atom. The molecule has 2 aliphatic rings. The van der Waals surface area contributed by atoms with E-state index in [2.05, 4.69) is 61.2 Å². The van der Waals surface area contributed by atoms with Crippen LogP contribution in [0.2, 0.25) is 18.1 Å². The van der Waals surface area contributed by atoms with E-state index < -0.39 is 15.6 Å². The van der Waals surface area contributed by atoms with Crippen molar-refractivity contribution in [2.24, 2.45) is 23.7 Å². The molecule has 0 amide bonds. The first-order chi connectivity index (χ1) is 17.7. The summed E-state index contributed by atoms with van der Waals surface area (Å²) < 4.78 is 35.8. The summed E-state index contributed by atoms with van der Waals surface area (Å²) in [6.07, 6.45) is 1.65. The van der Waals surface area contributed by atoms with Crippen molar-refractivity contribution in [3.05, 3.63) is 42.5 Å². The molecule has 1 aromatic rings. The third-order valence-corrected chi connectivity index (χ3v) is 13.6. The molecule has 214 valence electrons. The summed E-state index contributed by atoms with van der Waals surface area (Å²) in [5.74, 6) is 1.12. The molecule has 9 heteroatoms. The molecule has 3 rings (SSSR count). The van der Waals surface area contributed by atoms with E-state index in [1.807, 2.05) is 30.3 Å². The van der Waals surface area contributed by atoms with Crippen LogP contribution in [0.3, 0.4) is 0 Å². The Hall–Kier alpha value is -1.20. The number of hydrogen-bond acceptors (Lipinski definition) is 7. The average molecular weight is 549 g/mol. The first kappa shape index (κ1) is 31.3. The van der Waals surface area contributed by atoms with Crippen molar-refractivity contribution < 1.29 is 33.0 Å². The topological polar surface area (TPSA) is 78.9 Å². The first-order valence-electron chi connectivity index (χ1n) is 13.8. The van der Waals surface area contributed by atoms with Gasteiger partial charge in [0.15, 0.2) is 8.32 Å². The zero-order valence-electron chi connectivity index (χ0n) is 24.9. The minimum absolute atomic E-state index is 0.00640. The predicted molar refractivity (Wildman–Crippen MR) is 153 cm³/mol. The van der Waals surface area contributed by atoms with Crippen LogP contribution >= 0.6 is 0 Å². The van der Waals surface area contributed by atoms with E-state index in [-0.39, 0.29) is 46.5 Å². The van der Waals surface area contributed by atoms with E-state index in [4.69, 9.17) is 27.9 Å². The Morgan fingerprint density at radius 1 is 1.21 bits per heavy atom.